The van der Waals surface area contributed by atoms with Crippen molar-refractivity contribution in [2.45, 2.75) is 37.4 Å². The summed E-state index contributed by atoms with van der Waals surface area (Å²) in [6, 6.07) is 12.6. The van der Waals surface area contributed by atoms with Gasteiger partial charge in [-0.15, -0.1) is 0 Å². The quantitative estimate of drug-likeness (QED) is 0.201. The van der Waals surface area contributed by atoms with Crippen LogP contribution >= 0.6 is 0 Å². The molecule has 12 heteroatoms. The number of rotatable bonds is 10. The number of carbonyl (C=O) groups is 2. The highest BCUT2D eigenvalue weighted by Gasteiger charge is 2.51. The molecule has 0 atom stereocenters. The van der Waals surface area contributed by atoms with E-state index in [0.717, 1.165) is 0 Å². The highest BCUT2D eigenvalue weighted by Crippen LogP contribution is 2.52. The zero-order chi connectivity index (χ0) is 28.5. The molecule has 0 unspecified atom stereocenters. The van der Waals surface area contributed by atoms with Gasteiger partial charge in [-0.25, -0.2) is 4.18 Å². The van der Waals surface area contributed by atoms with Gasteiger partial charge in [0.05, 0.1) is 13.1 Å². The van der Waals surface area contributed by atoms with E-state index in [2.05, 4.69) is 10.6 Å². The summed E-state index contributed by atoms with van der Waals surface area (Å²) in [6.45, 7) is 2.52. The molecule has 0 saturated heterocycles. The molecule has 0 saturated carbocycles. The minimum absolute atomic E-state index is 0.0176. The highest BCUT2D eigenvalue weighted by atomic mass is 32.2. The van der Waals surface area contributed by atoms with E-state index in [-0.39, 0.29) is 42.6 Å². The molecule has 206 valence electrons. The summed E-state index contributed by atoms with van der Waals surface area (Å²) >= 11 is 0. The van der Waals surface area contributed by atoms with Crippen LogP contribution in [0.25, 0.3) is 0 Å². The van der Waals surface area contributed by atoms with Crippen molar-refractivity contribution in [1.82, 2.24) is 10.6 Å². The maximum Gasteiger partial charge on any atom is 0.317 e. The number of carboxylic acid groups (broad SMARTS) is 2. The first-order valence-corrected chi connectivity index (χ1v) is 13.3. The zero-order valence-electron chi connectivity index (χ0n) is 21.2. The molecule has 0 radical (unpaired) electrons. The van der Waals surface area contributed by atoms with E-state index < -0.39 is 27.7 Å². The van der Waals surface area contributed by atoms with Crippen LogP contribution in [0.1, 0.15) is 38.9 Å². The molecule has 3 aromatic carbocycles. The zero-order valence-corrected chi connectivity index (χ0v) is 22.0. The molecule has 11 nitrogen and oxygen atoms in total. The molecular weight excluding hydrogens is 528 g/mol. The average Bonchev–Trinajstić information content (AvgIpc) is 3.12. The van der Waals surface area contributed by atoms with Gasteiger partial charge in [0.15, 0.2) is 5.60 Å². The van der Waals surface area contributed by atoms with E-state index in [1.165, 1.54) is 6.07 Å². The van der Waals surface area contributed by atoms with Crippen LogP contribution in [0.4, 0.5) is 0 Å². The minimum atomic E-state index is -4.25. The largest absolute Gasteiger partial charge is 0.507 e. The molecule has 0 aromatic heterocycles. The summed E-state index contributed by atoms with van der Waals surface area (Å²) in [5.74, 6) is -2.33. The van der Waals surface area contributed by atoms with Crippen LogP contribution in [0.3, 0.4) is 0 Å². The fourth-order valence-electron chi connectivity index (χ4n) is 4.79. The van der Waals surface area contributed by atoms with Crippen LogP contribution in [0.15, 0.2) is 53.4 Å². The SMILES string of the molecule is Cc1cc(C2(c3cc(C)c(O)c(CNCC(=O)O)c3)OS(=O)(=O)c3ccccc32)cc(CNCC(=O)O)c1O. The molecule has 39 heavy (non-hydrogen) atoms. The van der Waals surface area contributed by atoms with Gasteiger partial charge < -0.3 is 31.1 Å². The minimum Gasteiger partial charge on any atom is -0.507 e. The lowest BCUT2D eigenvalue weighted by molar-refractivity contribution is -0.137. The van der Waals surface area contributed by atoms with Gasteiger partial charge in [-0.05, 0) is 66.4 Å². The fraction of sp³-hybridized carbons (Fsp3) is 0.259. The molecule has 6 N–H and O–H groups in total. The third-order valence-electron chi connectivity index (χ3n) is 6.53. The highest BCUT2D eigenvalue weighted by molar-refractivity contribution is 7.87. The number of aromatic hydroxyl groups is 2. The third-order valence-corrected chi connectivity index (χ3v) is 7.89. The summed E-state index contributed by atoms with van der Waals surface area (Å²) < 4.78 is 32.6. The maximum atomic E-state index is 13.3. The van der Waals surface area contributed by atoms with E-state index in [4.69, 9.17) is 14.4 Å². The lowest BCUT2D eigenvalue weighted by atomic mass is 9.78. The van der Waals surface area contributed by atoms with E-state index in [9.17, 15) is 28.2 Å². The number of phenolic OH excluding ortho intramolecular Hbond substituents is 2. The number of hydrogen-bond acceptors (Lipinski definition) is 9. The van der Waals surface area contributed by atoms with E-state index in [1.54, 1.807) is 56.3 Å². The Bertz CT molecular complexity index is 1490. The number of hydrogen-bond donors (Lipinski definition) is 6. The molecule has 0 fully saturated rings. The van der Waals surface area contributed by atoms with E-state index in [0.29, 0.717) is 38.9 Å². The second kappa shape index (κ2) is 10.7. The van der Waals surface area contributed by atoms with Crippen molar-refractivity contribution in [3.8, 4) is 11.5 Å². The molecule has 0 aliphatic carbocycles. The molecule has 3 aromatic rings. The first-order valence-electron chi connectivity index (χ1n) is 11.9. The molecule has 1 aliphatic heterocycles. The van der Waals surface area contributed by atoms with Crippen molar-refractivity contribution in [1.29, 1.82) is 0 Å². The number of nitrogens with one attached hydrogen (secondary N) is 2. The number of aryl methyl sites for hydroxylation is 2. The lowest BCUT2D eigenvalue weighted by Gasteiger charge is -2.31. The first-order chi connectivity index (χ1) is 18.4. The Morgan fingerprint density at radius 3 is 1.74 bits per heavy atom. The summed E-state index contributed by atoms with van der Waals surface area (Å²) in [7, 11) is -4.25. The predicted molar refractivity (Wildman–Crippen MR) is 139 cm³/mol. The molecule has 4 rings (SSSR count). The normalized spacial score (nSPS) is 15.1. The molecule has 0 spiro atoms. The average molecular weight is 557 g/mol. The number of fused-ring (bicyclic) bond motifs is 1. The molecular formula is C27H28N2O9S. The Morgan fingerprint density at radius 1 is 0.821 bits per heavy atom. The third kappa shape index (κ3) is 5.32. The fourth-order valence-corrected chi connectivity index (χ4v) is 6.22. The van der Waals surface area contributed by atoms with Gasteiger partial charge in [0.2, 0.25) is 0 Å². The van der Waals surface area contributed by atoms with Gasteiger partial charge >= 0.3 is 11.9 Å². The second-order valence-electron chi connectivity index (χ2n) is 9.31. The number of phenols is 2. The summed E-state index contributed by atoms with van der Waals surface area (Å²) in [5, 5.41) is 44.9. The van der Waals surface area contributed by atoms with Crippen LogP contribution in [0.2, 0.25) is 0 Å². The number of aliphatic carboxylic acids is 2. The lowest BCUT2D eigenvalue weighted by Crippen LogP contribution is -2.31. The van der Waals surface area contributed by atoms with Crippen molar-refractivity contribution < 1.29 is 42.6 Å². The Hall–Kier alpha value is -3.97. The topological polar surface area (TPSA) is 182 Å². The molecule has 1 heterocycles. The predicted octanol–water partition coefficient (Wildman–Crippen LogP) is 2.07. The van der Waals surface area contributed by atoms with Gasteiger partial charge in [0.1, 0.15) is 16.4 Å². The van der Waals surface area contributed by atoms with Crippen molar-refractivity contribution in [3.63, 3.8) is 0 Å². The molecule has 0 amide bonds. The van der Waals surface area contributed by atoms with Crippen molar-refractivity contribution >= 4 is 22.1 Å². The van der Waals surface area contributed by atoms with E-state index in [1.807, 2.05) is 0 Å². The Balaban J connectivity index is 1.97. The van der Waals surface area contributed by atoms with Crippen molar-refractivity contribution in [2.75, 3.05) is 13.1 Å². The van der Waals surface area contributed by atoms with Crippen LogP contribution in [-0.2, 0) is 42.6 Å². The summed E-state index contributed by atoms with van der Waals surface area (Å²) in [5.41, 5.74) is 0.765. The van der Waals surface area contributed by atoms with Gasteiger partial charge in [-0.1, -0.05) is 18.2 Å². The van der Waals surface area contributed by atoms with E-state index >= 15 is 0 Å². The van der Waals surface area contributed by atoms with Crippen LogP contribution in [0.5, 0.6) is 11.5 Å². The monoisotopic (exact) mass is 556 g/mol. The Kier molecular flexibility index (Phi) is 7.66. The van der Waals surface area contributed by atoms with Crippen molar-refractivity contribution in [3.05, 3.63) is 87.5 Å². The summed E-state index contributed by atoms with van der Waals surface area (Å²) in [4.78, 5) is 21.9. The number of benzene rings is 3. The van der Waals surface area contributed by atoms with Gasteiger partial charge in [0.25, 0.3) is 10.1 Å². The second-order valence-corrected chi connectivity index (χ2v) is 10.8. The maximum absolute atomic E-state index is 13.3. The van der Waals surface area contributed by atoms with Crippen LogP contribution < -0.4 is 10.6 Å². The molecule has 0 bridgehead atoms. The van der Waals surface area contributed by atoms with Gasteiger partial charge in [-0.3, -0.25) is 9.59 Å². The van der Waals surface area contributed by atoms with Gasteiger partial charge in [0, 0.05) is 29.8 Å². The number of carboxylic acids is 2. The molecule has 1 aliphatic rings. The standard InChI is InChI=1S/C27H28N2O9S/c1-15-7-19(9-17(25(15)34)11-28-13-23(30)31)27(21-5-3-4-6-22(21)39(36,37)38-27)20-8-16(2)26(35)18(10-20)12-29-14-24(32)33/h3-10,28-29,34-35H,11-14H2,1-2H3,(H,30,31)(H,32,33). The summed E-state index contributed by atoms with van der Waals surface area (Å²) in [6.07, 6.45) is 0. The Morgan fingerprint density at radius 2 is 1.28 bits per heavy atom. The van der Waals surface area contributed by atoms with Crippen molar-refractivity contribution in [2.24, 2.45) is 0 Å². The smallest absolute Gasteiger partial charge is 0.317 e. The first kappa shape index (κ1) is 28.0. The van der Waals surface area contributed by atoms with Crippen LogP contribution in [0, 0.1) is 13.8 Å². The van der Waals surface area contributed by atoms with Crippen LogP contribution in [-0.4, -0.2) is 53.9 Å². The Labute approximate surface area is 224 Å². The van der Waals surface area contributed by atoms with Gasteiger partial charge in [-0.2, -0.15) is 8.42 Å².